The first kappa shape index (κ1) is 13.2. The van der Waals surface area contributed by atoms with E-state index in [0.717, 1.165) is 43.1 Å². The zero-order valence-corrected chi connectivity index (χ0v) is 10.9. The van der Waals surface area contributed by atoms with Gasteiger partial charge in [-0.05, 0) is 43.5 Å². The standard InChI is InChI=1S/C14H21NO3/c1-11-10-13(2-3-14(11)15)18-9-8-17-12-4-6-16-7-5-12/h2-3,10,12H,4-9,15H2,1H3. The van der Waals surface area contributed by atoms with Gasteiger partial charge in [0.2, 0.25) is 0 Å². The third-order valence-electron chi connectivity index (χ3n) is 3.12. The molecule has 2 N–H and O–H groups in total. The molecule has 18 heavy (non-hydrogen) atoms. The molecular formula is C14H21NO3. The van der Waals surface area contributed by atoms with Crippen molar-refractivity contribution in [1.82, 2.24) is 0 Å². The number of benzene rings is 1. The molecule has 100 valence electrons. The van der Waals surface area contributed by atoms with Crippen LogP contribution in [0.1, 0.15) is 18.4 Å². The number of nitrogens with two attached hydrogens (primary N) is 1. The summed E-state index contributed by atoms with van der Waals surface area (Å²) in [6, 6.07) is 5.70. The Labute approximate surface area is 108 Å². The van der Waals surface area contributed by atoms with Crippen LogP contribution in [0.2, 0.25) is 0 Å². The van der Waals surface area contributed by atoms with Gasteiger partial charge in [-0.15, -0.1) is 0 Å². The Balaban J connectivity index is 1.66. The fourth-order valence-electron chi connectivity index (χ4n) is 1.95. The highest BCUT2D eigenvalue weighted by Crippen LogP contribution is 2.18. The molecule has 0 amide bonds. The maximum atomic E-state index is 5.75. The number of rotatable bonds is 5. The van der Waals surface area contributed by atoms with Gasteiger partial charge in [-0.25, -0.2) is 0 Å². The number of ether oxygens (including phenoxy) is 3. The van der Waals surface area contributed by atoms with Gasteiger partial charge in [-0.3, -0.25) is 0 Å². The van der Waals surface area contributed by atoms with Crippen LogP contribution in [0.15, 0.2) is 18.2 Å². The molecule has 0 atom stereocenters. The van der Waals surface area contributed by atoms with E-state index in [0.29, 0.717) is 19.3 Å². The molecule has 1 aromatic carbocycles. The number of aryl methyl sites for hydroxylation is 1. The van der Waals surface area contributed by atoms with Crippen LogP contribution in [0.25, 0.3) is 0 Å². The second-order valence-electron chi connectivity index (χ2n) is 4.55. The lowest BCUT2D eigenvalue weighted by atomic mass is 10.2. The van der Waals surface area contributed by atoms with Crippen LogP contribution in [0.5, 0.6) is 5.75 Å². The normalized spacial score (nSPS) is 16.7. The zero-order valence-electron chi connectivity index (χ0n) is 10.9. The Morgan fingerprint density at radius 2 is 2.06 bits per heavy atom. The average molecular weight is 251 g/mol. The molecule has 1 fully saturated rings. The summed E-state index contributed by atoms with van der Waals surface area (Å²) in [5, 5.41) is 0. The van der Waals surface area contributed by atoms with Crippen molar-refractivity contribution >= 4 is 5.69 Å². The van der Waals surface area contributed by atoms with E-state index < -0.39 is 0 Å². The number of hydrogen-bond acceptors (Lipinski definition) is 4. The van der Waals surface area contributed by atoms with Crippen molar-refractivity contribution in [1.29, 1.82) is 0 Å². The van der Waals surface area contributed by atoms with E-state index in [1.807, 2.05) is 25.1 Å². The number of hydrogen-bond donors (Lipinski definition) is 1. The Morgan fingerprint density at radius 1 is 1.28 bits per heavy atom. The Hall–Kier alpha value is -1.26. The van der Waals surface area contributed by atoms with E-state index in [4.69, 9.17) is 19.9 Å². The summed E-state index contributed by atoms with van der Waals surface area (Å²) < 4.78 is 16.6. The average Bonchev–Trinajstić information content (AvgIpc) is 2.40. The van der Waals surface area contributed by atoms with Gasteiger partial charge < -0.3 is 19.9 Å². The van der Waals surface area contributed by atoms with E-state index in [2.05, 4.69) is 0 Å². The third-order valence-corrected chi connectivity index (χ3v) is 3.12. The second kappa shape index (κ2) is 6.61. The molecule has 0 saturated carbocycles. The van der Waals surface area contributed by atoms with Gasteiger partial charge in [0.15, 0.2) is 0 Å². The molecule has 1 aliphatic heterocycles. The Bertz CT molecular complexity index is 375. The van der Waals surface area contributed by atoms with E-state index in [1.165, 1.54) is 0 Å². The van der Waals surface area contributed by atoms with Crippen molar-refractivity contribution in [2.75, 3.05) is 32.2 Å². The molecular weight excluding hydrogens is 230 g/mol. The van der Waals surface area contributed by atoms with Crippen LogP contribution in [-0.4, -0.2) is 32.5 Å². The minimum Gasteiger partial charge on any atom is -0.491 e. The predicted octanol–water partition coefficient (Wildman–Crippen LogP) is 2.15. The highest BCUT2D eigenvalue weighted by Gasteiger charge is 2.13. The summed E-state index contributed by atoms with van der Waals surface area (Å²) in [7, 11) is 0. The molecule has 0 unspecified atom stereocenters. The highest BCUT2D eigenvalue weighted by atomic mass is 16.5. The summed E-state index contributed by atoms with van der Waals surface area (Å²) in [5.41, 5.74) is 7.58. The molecule has 0 aliphatic carbocycles. The number of nitrogen functional groups attached to an aromatic ring is 1. The van der Waals surface area contributed by atoms with Crippen molar-refractivity contribution in [2.45, 2.75) is 25.9 Å². The van der Waals surface area contributed by atoms with Gasteiger partial charge >= 0.3 is 0 Å². The van der Waals surface area contributed by atoms with Crippen molar-refractivity contribution in [3.05, 3.63) is 23.8 Å². The third kappa shape index (κ3) is 3.89. The molecule has 4 heteroatoms. The lowest BCUT2D eigenvalue weighted by Gasteiger charge is -2.22. The first-order valence-corrected chi connectivity index (χ1v) is 6.44. The fraction of sp³-hybridized carbons (Fsp3) is 0.571. The molecule has 1 heterocycles. The van der Waals surface area contributed by atoms with E-state index in [1.54, 1.807) is 0 Å². The predicted molar refractivity (Wildman–Crippen MR) is 70.9 cm³/mol. The largest absolute Gasteiger partial charge is 0.491 e. The zero-order chi connectivity index (χ0) is 12.8. The van der Waals surface area contributed by atoms with Crippen LogP contribution in [-0.2, 0) is 9.47 Å². The first-order chi connectivity index (χ1) is 8.75. The highest BCUT2D eigenvalue weighted by molar-refractivity contribution is 5.49. The first-order valence-electron chi connectivity index (χ1n) is 6.44. The molecule has 4 nitrogen and oxygen atoms in total. The summed E-state index contributed by atoms with van der Waals surface area (Å²) in [6.45, 7) is 4.78. The quantitative estimate of drug-likeness (QED) is 0.643. The van der Waals surface area contributed by atoms with Crippen LogP contribution in [0.3, 0.4) is 0 Å². The van der Waals surface area contributed by atoms with Gasteiger partial charge in [0.05, 0.1) is 12.7 Å². The van der Waals surface area contributed by atoms with Gasteiger partial charge in [0, 0.05) is 18.9 Å². The smallest absolute Gasteiger partial charge is 0.119 e. The van der Waals surface area contributed by atoms with Crippen molar-refractivity contribution < 1.29 is 14.2 Å². The van der Waals surface area contributed by atoms with Crippen LogP contribution in [0.4, 0.5) is 5.69 Å². The van der Waals surface area contributed by atoms with Crippen LogP contribution in [0, 0.1) is 6.92 Å². The summed E-state index contributed by atoms with van der Waals surface area (Å²) in [4.78, 5) is 0. The lowest BCUT2D eigenvalue weighted by Crippen LogP contribution is -2.25. The molecule has 1 saturated heterocycles. The Morgan fingerprint density at radius 3 is 2.78 bits per heavy atom. The van der Waals surface area contributed by atoms with E-state index in [9.17, 15) is 0 Å². The van der Waals surface area contributed by atoms with Crippen LogP contribution < -0.4 is 10.5 Å². The fourth-order valence-corrected chi connectivity index (χ4v) is 1.95. The molecule has 2 rings (SSSR count). The topological polar surface area (TPSA) is 53.7 Å². The van der Waals surface area contributed by atoms with Gasteiger partial charge in [-0.2, -0.15) is 0 Å². The maximum absolute atomic E-state index is 5.75. The minimum absolute atomic E-state index is 0.329. The molecule has 0 bridgehead atoms. The Kier molecular flexibility index (Phi) is 4.84. The summed E-state index contributed by atoms with van der Waals surface area (Å²) in [6.07, 6.45) is 2.30. The minimum atomic E-state index is 0.329. The molecule has 0 radical (unpaired) electrons. The van der Waals surface area contributed by atoms with Gasteiger partial charge in [0.1, 0.15) is 12.4 Å². The van der Waals surface area contributed by atoms with Crippen molar-refractivity contribution in [3.63, 3.8) is 0 Å². The summed E-state index contributed by atoms with van der Waals surface area (Å²) >= 11 is 0. The maximum Gasteiger partial charge on any atom is 0.119 e. The van der Waals surface area contributed by atoms with E-state index >= 15 is 0 Å². The van der Waals surface area contributed by atoms with Gasteiger partial charge in [-0.1, -0.05) is 0 Å². The van der Waals surface area contributed by atoms with Crippen molar-refractivity contribution in [2.24, 2.45) is 0 Å². The van der Waals surface area contributed by atoms with Crippen molar-refractivity contribution in [3.8, 4) is 5.75 Å². The molecule has 1 aliphatic rings. The monoisotopic (exact) mass is 251 g/mol. The summed E-state index contributed by atoms with van der Waals surface area (Å²) in [5.74, 6) is 0.845. The molecule has 0 spiro atoms. The molecule has 0 aromatic heterocycles. The van der Waals surface area contributed by atoms with E-state index in [-0.39, 0.29) is 0 Å². The lowest BCUT2D eigenvalue weighted by molar-refractivity contribution is -0.0388. The second-order valence-corrected chi connectivity index (χ2v) is 4.55. The van der Waals surface area contributed by atoms with Crippen LogP contribution >= 0.6 is 0 Å². The molecule has 1 aromatic rings. The SMILES string of the molecule is Cc1cc(OCCOC2CCOCC2)ccc1N. The van der Waals surface area contributed by atoms with Gasteiger partial charge in [0.25, 0.3) is 0 Å². The number of anilines is 1.